The van der Waals surface area contributed by atoms with Gasteiger partial charge in [-0.25, -0.2) is 9.97 Å². The third-order valence-electron chi connectivity index (χ3n) is 5.04. The van der Waals surface area contributed by atoms with Crippen molar-refractivity contribution in [1.82, 2.24) is 20.2 Å². The Morgan fingerprint density at radius 3 is 2.34 bits per heavy atom. The van der Waals surface area contributed by atoms with E-state index in [4.69, 9.17) is 10.2 Å². The molecule has 1 atom stereocenters. The predicted octanol–water partition coefficient (Wildman–Crippen LogP) is 5.08. The van der Waals surface area contributed by atoms with Gasteiger partial charge in [-0.15, -0.1) is 10.2 Å². The molecule has 2 heterocycles. The molecule has 0 amide bonds. The number of hydrogen-bond acceptors (Lipinski definition) is 7. The molecule has 0 aliphatic carbocycles. The van der Waals surface area contributed by atoms with Crippen LogP contribution in [0.3, 0.4) is 0 Å². The monoisotopic (exact) mass is 447 g/mol. The number of benzene rings is 2. The van der Waals surface area contributed by atoms with Gasteiger partial charge in [-0.3, -0.25) is 0 Å². The Labute approximate surface area is 190 Å². The molecule has 1 unspecified atom stereocenters. The fraction of sp³-hybridized carbons (Fsp3) is 0.250. The van der Waals surface area contributed by atoms with Gasteiger partial charge in [0, 0.05) is 11.1 Å². The van der Waals surface area contributed by atoms with Crippen molar-refractivity contribution >= 4 is 17.0 Å². The summed E-state index contributed by atoms with van der Waals surface area (Å²) in [6.07, 6.45) is 1.59. The highest BCUT2D eigenvalue weighted by Gasteiger charge is 2.18. The normalized spacial score (nSPS) is 12.5. The fourth-order valence-corrected chi connectivity index (χ4v) is 4.14. The smallest absolute Gasteiger partial charge is 0.270 e. The summed E-state index contributed by atoms with van der Waals surface area (Å²) in [5, 5.41) is 8.38. The largest absolute Gasteiger partial charge is 0.611 e. The van der Waals surface area contributed by atoms with E-state index in [0.29, 0.717) is 23.2 Å². The van der Waals surface area contributed by atoms with E-state index in [-0.39, 0.29) is 17.0 Å². The van der Waals surface area contributed by atoms with Gasteiger partial charge in [-0.05, 0) is 72.9 Å². The summed E-state index contributed by atoms with van der Waals surface area (Å²) in [6, 6.07) is 15.4. The maximum absolute atomic E-state index is 12.3. The second kappa shape index (κ2) is 9.10. The lowest BCUT2D eigenvalue weighted by molar-refractivity contribution is 0.582. The average Bonchev–Trinajstić information content (AvgIpc) is 3.29. The third kappa shape index (κ3) is 4.51. The van der Waals surface area contributed by atoms with Crippen LogP contribution in [0.25, 0.3) is 34.3 Å². The molecule has 0 radical (unpaired) electrons. The van der Waals surface area contributed by atoms with E-state index < -0.39 is 11.2 Å². The quantitative estimate of drug-likeness (QED) is 0.410. The Hall–Kier alpha value is -3.23. The van der Waals surface area contributed by atoms with Crippen LogP contribution in [0.1, 0.15) is 39.2 Å². The van der Waals surface area contributed by atoms with E-state index in [0.717, 1.165) is 16.0 Å². The van der Waals surface area contributed by atoms with Gasteiger partial charge >= 0.3 is 0 Å². The van der Waals surface area contributed by atoms with Crippen molar-refractivity contribution in [1.29, 1.82) is 0 Å². The Bertz CT molecular complexity index is 1220. The van der Waals surface area contributed by atoms with Gasteiger partial charge in [0.1, 0.15) is 5.25 Å². The molecule has 8 heteroatoms. The zero-order valence-corrected chi connectivity index (χ0v) is 19.3. The zero-order valence-electron chi connectivity index (χ0n) is 18.4. The van der Waals surface area contributed by atoms with E-state index in [9.17, 15) is 4.55 Å². The van der Waals surface area contributed by atoms with Crippen molar-refractivity contribution in [2.75, 3.05) is 5.73 Å². The van der Waals surface area contributed by atoms with Crippen LogP contribution >= 0.6 is 0 Å². The van der Waals surface area contributed by atoms with Gasteiger partial charge < -0.3 is 14.7 Å². The first-order valence-electron chi connectivity index (χ1n) is 10.4. The molecule has 2 aromatic heterocycles. The van der Waals surface area contributed by atoms with Gasteiger partial charge in [0.05, 0.1) is 11.9 Å². The highest BCUT2D eigenvalue weighted by Crippen LogP contribution is 2.29. The van der Waals surface area contributed by atoms with Gasteiger partial charge in [-0.2, -0.15) is 0 Å². The molecule has 2 N–H and O–H groups in total. The highest BCUT2D eigenvalue weighted by molar-refractivity contribution is 7.92. The van der Waals surface area contributed by atoms with Crippen LogP contribution in [-0.2, 0) is 11.2 Å². The number of hydrogen-bond donors (Lipinski definition) is 1. The Kier molecular flexibility index (Phi) is 6.25. The summed E-state index contributed by atoms with van der Waals surface area (Å²) in [5.74, 6) is 1.20. The summed E-state index contributed by atoms with van der Waals surface area (Å²) < 4.78 is 18.2. The van der Waals surface area contributed by atoms with Crippen LogP contribution in [0.15, 0.2) is 64.0 Å². The number of nitrogens with two attached hydrogens (primary N) is 1. The standard InChI is InChI=1S/C24H25N5O2S/c1-14(2)17-6-5-7-18(12-17)23-28-29-24(31-23)21-22(25)26-13-20(27-21)16-8-10-19(11-9-16)32(30)15(3)4/h5-15H,1-4H3,(H2,25,26). The van der Waals surface area contributed by atoms with E-state index in [1.54, 1.807) is 6.20 Å². The van der Waals surface area contributed by atoms with Crippen molar-refractivity contribution in [2.24, 2.45) is 0 Å². The van der Waals surface area contributed by atoms with Crippen molar-refractivity contribution < 1.29 is 8.97 Å². The minimum atomic E-state index is -1.05. The first-order chi connectivity index (χ1) is 15.3. The molecule has 0 aliphatic rings. The molecule has 164 valence electrons. The van der Waals surface area contributed by atoms with Gasteiger partial charge in [0.2, 0.25) is 5.89 Å². The number of rotatable bonds is 6. The molecular formula is C24H25N5O2S. The molecule has 0 aliphatic heterocycles. The average molecular weight is 448 g/mol. The van der Waals surface area contributed by atoms with Crippen LogP contribution in [0.2, 0.25) is 0 Å². The third-order valence-corrected chi connectivity index (χ3v) is 6.63. The summed E-state index contributed by atoms with van der Waals surface area (Å²) in [4.78, 5) is 9.66. The van der Waals surface area contributed by atoms with E-state index in [1.807, 2.05) is 56.3 Å². The van der Waals surface area contributed by atoms with Crippen molar-refractivity contribution in [2.45, 2.75) is 43.8 Å². The molecule has 2 aromatic carbocycles. The molecule has 32 heavy (non-hydrogen) atoms. The van der Waals surface area contributed by atoms with E-state index >= 15 is 0 Å². The molecule has 4 aromatic rings. The van der Waals surface area contributed by atoms with Crippen LogP contribution in [0.4, 0.5) is 5.82 Å². The molecule has 4 rings (SSSR count). The van der Waals surface area contributed by atoms with Crippen molar-refractivity contribution in [3.05, 3.63) is 60.3 Å². The minimum absolute atomic E-state index is 0.0525. The lowest BCUT2D eigenvalue weighted by atomic mass is 10.0. The first-order valence-corrected chi connectivity index (χ1v) is 11.6. The summed E-state index contributed by atoms with van der Waals surface area (Å²) in [6.45, 7) is 8.12. The Morgan fingerprint density at radius 2 is 1.66 bits per heavy atom. The number of aromatic nitrogens is 4. The molecule has 0 spiro atoms. The van der Waals surface area contributed by atoms with Gasteiger partial charge in [0.15, 0.2) is 16.4 Å². The maximum atomic E-state index is 12.3. The Morgan fingerprint density at radius 1 is 0.938 bits per heavy atom. The summed E-state index contributed by atoms with van der Waals surface area (Å²) in [5.41, 5.74) is 9.86. The first kappa shape index (κ1) is 22.0. The second-order valence-electron chi connectivity index (χ2n) is 8.05. The van der Waals surface area contributed by atoms with E-state index in [1.165, 1.54) is 5.56 Å². The molecule has 0 bridgehead atoms. The van der Waals surface area contributed by atoms with Crippen molar-refractivity contribution in [3.8, 4) is 34.3 Å². The lowest BCUT2D eigenvalue weighted by Gasteiger charge is -2.14. The lowest BCUT2D eigenvalue weighted by Crippen LogP contribution is -2.13. The van der Waals surface area contributed by atoms with E-state index in [2.05, 4.69) is 40.1 Å². The van der Waals surface area contributed by atoms with Crippen molar-refractivity contribution in [3.63, 3.8) is 0 Å². The predicted molar refractivity (Wildman–Crippen MR) is 126 cm³/mol. The highest BCUT2D eigenvalue weighted by atomic mass is 32.2. The number of nitrogen functional groups attached to an aromatic ring is 1. The minimum Gasteiger partial charge on any atom is -0.611 e. The molecule has 0 saturated heterocycles. The zero-order chi connectivity index (χ0) is 22.8. The second-order valence-corrected chi connectivity index (χ2v) is 10.1. The fourth-order valence-electron chi connectivity index (χ4n) is 3.19. The molecular weight excluding hydrogens is 422 g/mol. The maximum Gasteiger partial charge on any atom is 0.270 e. The Balaban J connectivity index is 1.65. The van der Waals surface area contributed by atoms with Crippen LogP contribution < -0.4 is 5.73 Å². The van der Waals surface area contributed by atoms with Crippen LogP contribution in [0.5, 0.6) is 0 Å². The molecule has 0 saturated carbocycles. The molecule has 0 fully saturated rings. The SMILES string of the molecule is CC(C)c1cccc(-c2nnc(-c3nc(-c4ccc([S+]([O-])C(C)C)cc4)cnc3N)o2)c1. The number of nitrogens with zero attached hydrogens (tertiary/aromatic N) is 4. The molecule has 7 nitrogen and oxygen atoms in total. The van der Waals surface area contributed by atoms with Crippen LogP contribution in [-0.4, -0.2) is 30.0 Å². The summed E-state index contributed by atoms with van der Waals surface area (Å²) >= 11 is -1.05. The van der Waals surface area contributed by atoms with Gasteiger partial charge in [0.25, 0.3) is 5.89 Å². The van der Waals surface area contributed by atoms with Gasteiger partial charge in [-0.1, -0.05) is 26.0 Å². The topological polar surface area (TPSA) is 114 Å². The van der Waals surface area contributed by atoms with Crippen LogP contribution in [0, 0.1) is 0 Å². The number of anilines is 1. The summed E-state index contributed by atoms with van der Waals surface area (Å²) in [7, 11) is 0.